The van der Waals surface area contributed by atoms with E-state index in [0.29, 0.717) is 28.6 Å². The summed E-state index contributed by atoms with van der Waals surface area (Å²) < 4.78 is 4.79. The predicted molar refractivity (Wildman–Crippen MR) is 102 cm³/mol. The van der Waals surface area contributed by atoms with Gasteiger partial charge in [-0.2, -0.15) is 0 Å². The number of nitrogens with one attached hydrogen (secondary N) is 2. The Morgan fingerprint density at radius 1 is 0.963 bits per heavy atom. The summed E-state index contributed by atoms with van der Waals surface area (Å²) in [6, 6.07) is 17.5. The van der Waals surface area contributed by atoms with Crippen molar-refractivity contribution in [2.45, 2.75) is 6.92 Å². The number of hydrogen-bond acceptors (Lipinski definition) is 6. The summed E-state index contributed by atoms with van der Waals surface area (Å²) >= 11 is 0. The number of carbonyl (C=O) groups is 2. The quantitative estimate of drug-likeness (QED) is 0.674. The molecule has 0 saturated carbocycles. The molecule has 7 heteroatoms. The van der Waals surface area contributed by atoms with Crippen molar-refractivity contribution in [3.05, 3.63) is 77.7 Å². The summed E-state index contributed by atoms with van der Waals surface area (Å²) in [5.41, 5.74) is 1.78. The Morgan fingerprint density at radius 3 is 2.41 bits per heavy atom. The molecule has 0 bridgehead atoms. The molecule has 0 atom stereocenters. The first-order chi connectivity index (χ1) is 13.1. The number of aryl methyl sites for hydroxylation is 1. The van der Waals surface area contributed by atoms with Crippen LogP contribution in [0, 0.1) is 6.92 Å². The van der Waals surface area contributed by atoms with Crippen LogP contribution in [0.5, 0.6) is 0 Å². The van der Waals surface area contributed by atoms with E-state index in [9.17, 15) is 9.59 Å². The summed E-state index contributed by atoms with van der Waals surface area (Å²) in [7, 11) is 1.32. The lowest BCUT2D eigenvalue weighted by Gasteiger charge is -2.11. The summed E-state index contributed by atoms with van der Waals surface area (Å²) in [6.07, 6.45) is 0. The number of rotatable bonds is 5. The van der Waals surface area contributed by atoms with Gasteiger partial charge in [-0.1, -0.05) is 30.3 Å². The van der Waals surface area contributed by atoms with Crippen molar-refractivity contribution in [3.8, 4) is 0 Å². The number of carbonyl (C=O) groups excluding carboxylic acids is 2. The zero-order chi connectivity index (χ0) is 19.2. The Bertz CT molecular complexity index is 974. The minimum Gasteiger partial charge on any atom is -0.465 e. The van der Waals surface area contributed by atoms with Crippen LogP contribution >= 0.6 is 0 Å². The van der Waals surface area contributed by atoms with Gasteiger partial charge in [0.25, 0.3) is 5.91 Å². The molecule has 1 amide bonds. The minimum atomic E-state index is -0.467. The first-order valence-corrected chi connectivity index (χ1v) is 8.23. The summed E-state index contributed by atoms with van der Waals surface area (Å²) in [5, 5.41) is 5.84. The Morgan fingerprint density at radius 2 is 1.67 bits per heavy atom. The van der Waals surface area contributed by atoms with Crippen LogP contribution in [0.15, 0.2) is 60.7 Å². The molecule has 27 heavy (non-hydrogen) atoms. The fraction of sp³-hybridized carbons (Fsp3) is 0.100. The normalized spacial score (nSPS) is 10.1. The summed E-state index contributed by atoms with van der Waals surface area (Å²) in [6.45, 7) is 1.69. The average Bonchev–Trinajstić information content (AvgIpc) is 2.68. The van der Waals surface area contributed by atoms with E-state index in [-0.39, 0.29) is 11.6 Å². The number of benzene rings is 2. The minimum absolute atomic E-state index is 0.212. The van der Waals surface area contributed by atoms with Crippen LogP contribution in [-0.4, -0.2) is 29.0 Å². The van der Waals surface area contributed by atoms with Gasteiger partial charge in [0.2, 0.25) is 0 Å². The summed E-state index contributed by atoms with van der Waals surface area (Å²) in [4.78, 5) is 32.9. The molecule has 0 radical (unpaired) electrons. The van der Waals surface area contributed by atoms with Gasteiger partial charge in [0.15, 0.2) is 0 Å². The second-order valence-electron chi connectivity index (χ2n) is 5.67. The zero-order valence-corrected chi connectivity index (χ0v) is 14.9. The lowest BCUT2D eigenvalue weighted by Crippen LogP contribution is -2.15. The second-order valence-corrected chi connectivity index (χ2v) is 5.67. The Hall–Kier alpha value is -3.74. The van der Waals surface area contributed by atoms with Crippen molar-refractivity contribution >= 4 is 29.1 Å². The smallest absolute Gasteiger partial charge is 0.339 e. The van der Waals surface area contributed by atoms with Crippen LogP contribution < -0.4 is 10.6 Å². The molecule has 0 spiro atoms. The van der Waals surface area contributed by atoms with Crippen LogP contribution in [0.2, 0.25) is 0 Å². The number of esters is 1. The van der Waals surface area contributed by atoms with Crippen LogP contribution in [0.3, 0.4) is 0 Å². The van der Waals surface area contributed by atoms with Gasteiger partial charge in [-0.15, -0.1) is 0 Å². The van der Waals surface area contributed by atoms with Crippen LogP contribution in [0.25, 0.3) is 0 Å². The molecule has 3 rings (SSSR count). The molecule has 0 aliphatic carbocycles. The standard InChI is InChI=1S/C20H18N4O3/c1-13-21-17(19(25)23-14-8-4-3-5-9-14)12-18(22-13)24-16-11-7-6-10-15(16)20(26)27-2/h3-12H,1-2H3,(H,23,25)(H,21,22,24). The highest BCUT2D eigenvalue weighted by Gasteiger charge is 2.14. The van der Waals surface area contributed by atoms with E-state index >= 15 is 0 Å². The first-order valence-electron chi connectivity index (χ1n) is 8.23. The molecule has 2 N–H and O–H groups in total. The van der Waals surface area contributed by atoms with E-state index in [2.05, 4.69) is 20.6 Å². The third-order valence-corrected chi connectivity index (χ3v) is 3.70. The zero-order valence-electron chi connectivity index (χ0n) is 14.9. The molecule has 0 aliphatic heterocycles. The van der Waals surface area contributed by atoms with Gasteiger partial charge in [0.05, 0.1) is 18.4 Å². The highest BCUT2D eigenvalue weighted by atomic mass is 16.5. The van der Waals surface area contributed by atoms with Gasteiger partial charge < -0.3 is 15.4 Å². The van der Waals surface area contributed by atoms with Crippen LogP contribution in [-0.2, 0) is 4.74 Å². The third-order valence-electron chi connectivity index (χ3n) is 3.70. The molecule has 0 aliphatic rings. The highest BCUT2D eigenvalue weighted by molar-refractivity contribution is 6.03. The Kier molecular flexibility index (Phi) is 5.41. The lowest BCUT2D eigenvalue weighted by atomic mass is 10.2. The molecule has 2 aromatic carbocycles. The van der Waals surface area contributed by atoms with Gasteiger partial charge >= 0.3 is 5.97 Å². The topological polar surface area (TPSA) is 93.2 Å². The van der Waals surface area contributed by atoms with Gasteiger partial charge in [-0.25, -0.2) is 14.8 Å². The maximum Gasteiger partial charge on any atom is 0.339 e. The fourth-order valence-corrected chi connectivity index (χ4v) is 2.48. The van der Waals surface area contributed by atoms with Crippen molar-refractivity contribution in [2.24, 2.45) is 0 Å². The van der Waals surface area contributed by atoms with E-state index in [0.717, 1.165) is 0 Å². The first kappa shape index (κ1) is 18.1. The van der Waals surface area contributed by atoms with E-state index in [1.54, 1.807) is 43.3 Å². The number of methoxy groups -OCH3 is 1. The van der Waals surface area contributed by atoms with E-state index in [1.165, 1.54) is 13.2 Å². The number of nitrogens with zero attached hydrogens (tertiary/aromatic N) is 2. The molecule has 0 fully saturated rings. The molecular formula is C20H18N4O3. The van der Waals surface area contributed by atoms with E-state index in [1.807, 2.05) is 18.2 Å². The van der Waals surface area contributed by atoms with Gasteiger partial charge in [0, 0.05) is 11.8 Å². The van der Waals surface area contributed by atoms with Crippen molar-refractivity contribution < 1.29 is 14.3 Å². The van der Waals surface area contributed by atoms with Gasteiger partial charge in [0.1, 0.15) is 17.3 Å². The van der Waals surface area contributed by atoms with Gasteiger partial charge in [-0.05, 0) is 31.2 Å². The lowest BCUT2D eigenvalue weighted by molar-refractivity contribution is 0.0601. The number of para-hydroxylation sites is 2. The largest absolute Gasteiger partial charge is 0.465 e. The van der Waals surface area contributed by atoms with Crippen molar-refractivity contribution in [1.29, 1.82) is 0 Å². The Balaban J connectivity index is 1.86. The molecule has 1 heterocycles. The molecule has 7 nitrogen and oxygen atoms in total. The molecule has 0 unspecified atom stereocenters. The highest BCUT2D eigenvalue weighted by Crippen LogP contribution is 2.21. The molecule has 3 aromatic rings. The molecule has 1 aromatic heterocycles. The van der Waals surface area contributed by atoms with Crippen molar-refractivity contribution in [1.82, 2.24) is 9.97 Å². The van der Waals surface area contributed by atoms with Crippen LogP contribution in [0.1, 0.15) is 26.7 Å². The predicted octanol–water partition coefficient (Wildman–Crippen LogP) is 3.57. The fourth-order valence-electron chi connectivity index (χ4n) is 2.48. The average molecular weight is 362 g/mol. The Labute approximate surface area is 156 Å². The molecular weight excluding hydrogens is 344 g/mol. The number of amides is 1. The maximum absolute atomic E-state index is 12.5. The molecule has 136 valence electrons. The van der Waals surface area contributed by atoms with E-state index in [4.69, 9.17) is 4.74 Å². The second kappa shape index (κ2) is 8.09. The van der Waals surface area contributed by atoms with E-state index < -0.39 is 5.97 Å². The number of ether oxygens (including phenoxy) is 1. The number of anilines is 3. The summed E-state index contributed by atoms with van der Waals surface area (Å²) in [5.74, 6) is 0.00718. The third kappa shape index (κ3) is 4.46. The maximum atomic E-state index is 12.5. The number of aromatic nitrogens is 2. The van der Waals surface area contributed by atoms with Crippen LogP contribution in [0.4, 0.5) is 17.2 Å². The van der Waals surface area contributed by atoms with Crippen molar-refractivity contribution in [3.63, 3.8) is 0 Å². The monoisotopic (exact) mass is 362 g/mol. The molecule has 0 saturated heterocycles. The SMILES string of the molecule is COC(=O)c1ccccc1Nc1cc(C(=O)Nc2ccccc2)nc(C)n1. The van der Waals surface area contributed by atoms with Crippen molar-refractivity contribution in [2.75, 3.05) is 17.7 Å². The van der Waals surface area contributed by atoms with Gasteiger partial charge in [-0.3, -0.25) is 4.79 Å². The number of hydrogen-bond donors (Lipinski definition) is 2.